The average molecular weight is 371 g/mol. The Bertz CT molecular complexity index is 880. The first-order chi connectivity index (χ1) is 12.9. The van der Waals surface area contributed by atoms with Crippen LogP contribution >= 0.6 is 0 Å². The van der Waals surface area contributed by atoms with Crippen molar-refractivity contribution in [3.8, 4) is 11.5 Å². The Labute approximate surface area is 154 Å². The minimum atomic E-state index is -0.682. The van der Waals surface area contributed by atoms with Gasteiger partial charge in [0.25, 0.3) is 0 Å². The summed E-state index contributed by atoms with van der Waals surface area (Å²) in [6.07, 6.45) is 1.25. The Hall–Kier alpha value is -3.75. The smallest absolute Gasteiger partial charge is 0.323 e. The van der Waals surface area contributed by atoms with Crippen molar-refractivity contribution < 1.29 is 24.0 Å². The van der Waals surface area contributed by atoms with Crippen LogP contribution in [0, 0.1) is 10.1 Å². The summed E-state index contributed by atoms with van der Waals surface area (Å²) in [4.78, 5) is 33.7. The van der Waals surface area contributed by atoms with Gasteiger partial charge in [-0.25, -0.2) is 5.43 Å². The van der Waals surface area contributed by atoms with E-state index in [0.717, 1.165) is 11.8 Å². The second kappa shape index (κ2) is 9.09. The third-order valence-corrected chi connectivity index (χ3v) is 3.37. The van der Waals surface area contributed by atoms with Gasteiger partial charge in [-0.2, -0.15) is 5.10 Å². The quantitative estimate of drug-likeness (QED) is 0.262. The number of nitro benzene ring substituents is 1. The third kappa shape index (κ3) is 5.36. The number of nitrogens with one attached hydrogen (secondary N) is 1. The predicted octanol–water partition coefficient (Wildman–Crippen LogP) is 2.22. The number of nitrogens with zero attached hydrogens (tertiary/aromatic N) is 2. The van der Waals surface area contributed by atoms with E-state index in [1.807, 2.05) is 18.2 Å². The van der Waals surface area contributed by atoms with E-state index in [0.29, 0.717) is 0 Å². The summed E-state index contributed by atoms with van der Waals surface area (Å²) in [7, 11) is 1.22. The summed E-state index contributed by atoms with van der Waals surface area (Å²) >= 11 is 0. The SMILES string of the molecule is COc1c(OC(C)=O)ccc(/C=N\NC(=O)Cc2ccccc2)c1[N+](=O)[O-]. The number of esters is 1. The van der Waals surface area contributed by atoms with Gasteiger partial charge in [-0.15, -0.1) is 0 Å². The maximum Gasteiger partial charge on any atom is 0.323 e. The minimum absolute atomic E-state index is 0.0766. The van der Waals surface area contributed by atoms with Crippen LogP contribution in [-0.2, 0) is 16.0 Å². The molecule has 0 bridgehead atoms. The number of hydrogen-bond acceptors (Lipinski definition) is 7. The molecule has 0 saturated heterocycles. The van der Waals surface area contributed by atoms with Gasteiger partial charge in [0.15, 0.2) is 5.75 Å². The van der Waals surface area contributed by atoms with Crippen molar-refractivity contribution in [2.75, 3.05) is 7.11 Å². The maximum atomic E-state index is 11.9. The number of nitro groups is 1. The van der Waals surface area contributed by atoms with Gasteiger partial charge >= 0.3 is 11.7 Å². The Morgan fingerprint density at radius 1 is 1.22 bits per heavy atom. The second-order valence-corrected chi connectivity index (χ2v) is 5.34. The zero-order valence-electron chi connectivity index (χ0n) is 14.7. The Kier molecular flexibility index (Phi) is 6.59. The highest BCUT2D eigenvalue weighted by atomic mass is 16.6. The van der Waals surface area contributed by atoms with Gasteiger partial charge in [0.2, 0.25) is 11.7 Å². The number of methoxy groups -OCH3 is 1. The fourth-order valence-electron chi connectivity index (χ4n) is 2.29. The average Bonchev–Trinajstić information content (AvgIpc) is 2.62. The van der Waals surface area contributed by atoms with E-state index >= 15 is 0 Å². The van der Waals surface area contributed by atoms with Crippen molar-refractivity contribution in [2.24, 2.45) is 5.10 Å². The second-order valence-electron chi connectivity index (χ2n) is 5.34. The number of hydrogen-bond donors (Lipinski definition) is 1. The lowest BCUT2D eigenvalue weighted by molar-refractivity contribution is -0.385. The monoisotopic (exact) mass is 371 g/mol. The van der Waals surface area contributed by atoms with E-state index in [1.165, 1.54) is 26.2 Å². The van der Waals surface area contributed by atoms with Crippen LogP contribution in [0.3, 0.4) is 0 Å². The summed E-state index contributed by atoms with van der Waals surface area (Å²) in [5, 5.41) is 15.2. The topological polar surface area (TPSA) is 120 Å². The molecule has 27 heavy (non-hydrogen) atoms. The minimum Gasteiger partial charge on any atom is -0.488 e. The summed E-state index contributed by atoms with van der Waals surface area (Å²) in [5.41, 5.74) is 2.76. The van der Waals surface area contributed by atoms with Crippen molar-refractivity contribution in [2.45, 2.75) is 13.3 Å². The van der Waals surface area contributed by atoms with Gasteiger partial charge in [0.05, 0.1) is 30.2 Å². The third-order valence-electron chi connectivity index (χ3n) is 3.37. The summed E-state index contributed by atoms with van der Waals surface area (Å²) < 4.78 is 9.93. The molecule has 0 aliphatic heterocycles. The largest absolute Gasteiger partial charge is 0.488 e. The molecule has 2 rings (SSSR count). The van der Waals surface area contributed by atoms with Crippen LogP contribution in [0.15, 0.2) is 47.6 Å². The summed E-state index contributed by atoms with van der Waals surface area (Å²) in [6, 6.07) is 11.7. The molecule has 0 spiro atoms. The van der Waals surface area contributed by atoms with Crippen LogP contribution in [0.25, 0.3) is 0 Å². The van der Waals surface area contributed by atoms with E-state index in [2.05, 4.69) is 10.5 Å². The lowest BCUT2D eigenvalue weighted by Crippen LogP contribution is -2.19. The molecule has 0 aliphatic rings. The lowest BCUT2D eigenvalue weighted by atomic mass is 10.1. The molecular weight excluding hydrogens is 354 g/mol. The highest BCUT2D eigenvalue weighted by molar-refractivity contribution is 5.90. The molecule has 0 saturated carbocycles. The van der Waals surface area contributed by atoms with Gasteiger partial charge in [-0.3, -0.25) is 19.7 Å². The van der Waals surface area contributed by atoms with Crippen molar-refractivity contribution in [1.29, 1.82) is 0 Å². The molecule has 2 aromatic rings. The maximum absolute atomic E-state index is 11.9. The van der Waals surface area contributed by atoms with Crippen LogP contribution < -0.4 is 14.9 Å². The fraction of sp³-hybridized carbons (Fsp3) is 0.167. The molecule has 9 nitrogen and oxygen atoms in total. The number of ether oxygens (including phenoxy) is 2. The van der Waals surface area contributed by atoms with Crippen molar-refractivity contribution in [1.82, 2.24) is 5.43 Å². The van der Waals surface area contributed by atoms with Crippen LogP contribution in [0.4, 0.5) is 5.69 Å². The number of carbonyl (C=O) groups is 2. The summed E-state index contributed by atoms with van der Waals surface area (Å²) in [5.74, 6) is -1.31. The van der Waals surface area contributed by atoms with Gasteiger partial charge in [0, 0.05) is 6.92 Å². The Morgan fingerprint density at radius 2 is 1.93 bits per heavy atom. The number of amides is 1. The van der Waals surface area contributed by atoms with Crippen LogP contribution in [-0.4, -0.2) is 30.1 Å². The number of carbonyl (C=O) groups excluding carboxylic acids is 2. The molecule has 1 amide bonds. The van der Waals surface area contributed by atoms with Gasteiger partial charge in [-0.05, 0) is 17.7 Å². The first kappa shape index (κ1) is 19.6. The highest BCUT2D eigenvalue weighted by Gasteiger charge is 2.25. The van der Waals surface area contributed by atoms with E-state index in [4.69, 9.17) is 9.47 Å². The first-order valence-electron chi connectivity index (χ1n) is 7.82. The molecular formula is C18H17N3O6. The number of hydrazone groups is 1. The molecule has 0 heterocycles. The molecule has 0 fully saturated rings. The number of benzene rings is 2. The Morgan fingerprint density at radius 3 is 2.52 bits per heavy atom. The molecule has 9 heteroatoms. The van der Waals surface area contributed by atoms with Gasteiger partial charge in [-0.1, -0.05) is 30.3 Å². The molecule has 0 aliphatic carbocycles. The van der Waals surface area contributed by atoms with Gasteiger partial charge in [0.1, 0.15) is 0 Å². The lowest BCUT2D eigenvalue weighted by Gasteiger charge is -2.09. The van der Waals surface area contributed by atoms with E-state index in [9.17, 15) is 19.7 Å². The molecule has 1 N–H and O–H groups in total. The molecule has 0 atom stereocenters. The standard InChI is InChI=1S/C18H17N3O6/c1-12(22)27-15-9-8-14(17(21(24)25)18(15)26-2)11-19-20-16(23)10-13-6-4-3-5-7-13/h3-9,11H,10H2,1-2H3,(H,20,23)/b19-11-. The first-order valence-corrected chi connectivity index (χ1v) is 7.82. The predicted molar refractivity (Wildman–Crippen MR) is 96.8 cm³/mol. The van der Waals surface area contributed by atoms with Crippen molar-refractivity contribution in [3.05, 3.63) is 63.7 Å². The molecule has 0 aromatic heterocycles. The van der Waals surface area contributed by atoms with Gasteiger partial charge < -0.3 is 9.47 Å². The number of rotatable bonds is 7. The van der Waals surface area contributed by atoms with Crippen molar-refractivity contribution >= 4 is 23.8 Å². The van der Waals surface area contributed by atoms with Crippen LogP contribution in [0.5, 0.6) is 11.5 Å². The van der Waals surface area contributed by atoms with Crippen LogP contribution in [0.1, 0.15) is 18.1 Å². The molecule has 140 valence electrons. The molecule has 2 aromatic carbocycles. The normalized spacial score (nSPS) is 10.4. The van der Waals surface area contributed by atoms with E-state index in [-0.39, 0.29) is 29.4 Å². The zero-order chi connectivity index (χ0) is 19.8. The summed E-state index contributed by atoms with van der Waals surface area (Å²) in [6.45, 7) is 1.17. The highest BCUT2D eigenvalue weighted by Crippen LogP contribution is 2.39. The van der Waals surface area contributed by atoms with Crippen LogP contribution in [0.2, 0.25) is 0 Å². The molecule has 0 radical (unpaired) electrons. The fourth-order valence-corrected chi connectivity index (χ4v) is 2.29. The molecule has 0 unspecified atom stereocenters. The van der Waals surface area contributed by atoms with E-state index < -0.39 is 16.6 Å². The van der Waals surface area contributed by atoms with Crippen molar-refractivity contribution in [3.63, 3.8) is 0 Å². The van der Waals surface area contributed by atoms with E-state index in [1.54, 1.807) is 12.1 Å². The zero-order valence-corrected chi connectivity index (χ0v) is 14.7. The Balaban J connectivity index is 2.19.